The summed E-state index contributed by atoms with van der Waals surface area (Å²) >= 11 is 0. The van der Waals surface area contributed by atoms with Gasteiger partial charge in [0.05, 0.1) is 4.92 Å². The number of sulfonamides is 1. The molecule has 136 valence electrons. The first-order valence-corrected chi connectivity index (χ1v) is 9.51. The lowest BCUT2D eigenvalue weighted by Crippen LogP contribution is -2.34. The lowest BCUT2D eigenvalue weighted by molar-refractivity contribution is -0.387. The standard InChI is InChI=1S/C17H17N3O5S/c1-2-19-14-9-8-13(11-12(14)7-10-17(19)21)18-26(24,25)16-6-4-3-5-15(16)20(22)23/h3-6,8-9,11,18H,2,7,10H2,1H3. The molecule has 0 radical (unpaired) electrons. The minimum Gasteiger partial charge on any atom is -0.312 e. The van der Waals surface area contributed by atoms with Crippen molar-refractivity contribution in [3.05, 3.63) is 58.1 Å². The van der Waals surface area contributed by atoms with Crippen LogP contribution in [0, 0.1) is 10.1 Å². The number of nitrogens with zero attached hydrogens (tertiary/aromatic N) is 2. The first kappa shape index (κ1) is 17.9. The van der Waals surface area contributed by atoms with Gasteiger partial charge in [0.15, 0.2) is 4.90 Å². The van der Waals surface area contributed by atoms with Gasteiger partial charge in [-0.25, -0.2) is 8.42 Å². The van der Waals surface area contributed by atoms with Gasteiger partial charge in [0.1, 0.15) is 0 Å². The fourth-order valence-electron chi connectivity index (χ4n) is 3.02. The van der Waals surface area contributed by atoms with Gasteiger partial charge in [0, 0.05) is 30.4 Å². The Bertz CT molecular complexity index is 988. The van der Waals surface area contributed by atoms with Crippen molar-refractivity contribution in [3.8, 4) is 0 Å². The fraction of sp³-hybridized carbons (Fsp3) is 0.235. The largest absolute Gasteiger partial charge is 0.312 e. The average Bonchev–Trinajstić information content (AvgIpc) is 2.61. The van der Waals surface area contributed by atoms with Crippen LogP contribution in [0.4, 0.5) is 17.1 Å². The van der Waals surface area contributed by atoms with E-state index in [2.05, 4.69) is 4.72 Å². The molecule has 2 aromatic rings. The number of fused-ring (bicyclic) bond motifs is 1. The van der Waals surface area contributed by atoms with E-state index in [1.807, 2.05) is 6.92 Å². The molecule has 0 aliphatic carbocycles. The molecular weight excluding hydrogens is 358 g/mol. The quantitative estimate of drug-likeness (QED) is 0.638. The van der Waals surface area contributed by atoms with Crippen molar-refractivity contribution in [1.82, 2.24) is 0 Å². The molecule has 9 heteroatoms. The zero-order valence-electron chi connectivity index (χ0n) is 14.0. The summed E-state index contributed by atoms with van der Waals surface area (Å²) in [5.41, 5.74) is 1.43. The number of carbonyl (C=O) groups is 1. The van der Waals surface area contributed by atoms with Gasteiger partial charge in [-0.05, 0) is 43.2 Å². The van der Waals surface area contributed by atoms with Gasteiger partial charge in [0.25, 0.3) is 15.7 Å². The van der Waals surface area contributed by atoms with E-state index in [0.29, 0.717) is 25.1 Å². The van der Waals surface area contributed by atoms with Crippen LogP contribution in [0.1, 0.15) is 18.9 Å². The van der Waals surface area contributed by atoms with Gasteiger partial charge < -0.3 is 4.90 Å². The predicted octanol–water partition coefficient (Wildman–Crippen LogP) is 2.69. The molecule has 1 amide bonds. The zero-order valence-corrected chi connectivity index (χ0v) is 14.8. The van der Waals surface area contributed by atoms with Crippen LogP contribution in [0.15, 0.2) is 47.4 Å². The molecule has 0 saturated carbocycles. The third-order valence-electron chi connectivity index (χ3n) is 4.20. The third-order valence-corrected chi connectivity index (χ3v) is 5.63. The number of rotatable bonds is 5. The molecule has 0 unspecified atom stereocenters. The number of aryl methyl sites for hydroxylation is 1. The molecule has 0 fully saturated rings. The fourth-order valence-corrected chi connectivity index (χ4v) is 4.24. The number of anilines is 2. The summed E-state index contributed by atoms with van der Waals surface area (Å²) in [5.74, 6) is 0.0354. The molecule has 1 N–H and O–H groups in total. The number of para-hydroxylation sites is 1. The summed E-state index contributed by atoms with van der Waals surface area (Å²) in [6, 6.07) is 10.1. The van der Waals surface area contributed by atoms with Gasteiger partial charge in [-0.1, -0.05) is 12.1 Å². The molecule has 8 nitrogen and oxygen atoms in total. The van der Waals surface area contributed by atoms with Gasteiger partial charge >= 0.3 is 0 Å². The molecule has 1 aliphatic rings. The summed E-state index contributed by atoms with van der Waals surface area (Å²) in [6.45, 7) is 2.41. The van der Waals surface area contributed by atoms with Gasteiger partial charge in [-0.2, -0.15) is 0 Å². The molecule has 0 spiro atoms. The van der Waals surface area contributed by atoms with Crippen LogP contribution >= 0.6 is 0 Å². The second-order valence-electron chi connectivity index (χ2n) is 5.81. The third kappa shape index (κ3) is 3.25. The average molecular weight is 375 g/mol. The minimum absolute atomic E-state index is 0.0354. The van der Waals surface area contributed by atoms with Crippen LogP contribution in [-0.4, -0.2) is 25.8 Å². The Balaban J connectivity index is 1.95. The molecular formula is C17H17N3O5S. The Labute approximate surface area is 150 Å². The van der Waals surface area contributed by atoms with Crippen LogP contribution in [0.3, 0.4) is 0 Å². The highest BCUT2D eigenvalue weighted by molar-refractivity contribution is 7.92. The topological polar surface area (TPSA) is 110 Å². The number of hydrogen-bond acceptors (Lipinski definition) is 5. The number of nitrogens with one attached hydrogen (secondary N) is 1. The van der Waals surface area contributed by atoms with Crippen molar-refractivity contribution in [2.45, 2.75) is 24.7 Å². The van der Waals surface area contributed by atoms with Crippen LogP contribution in [0.2, 0.25) is 0 Å². The lowest BCUT2D eigenvalue weighted by Gasteiger charge is -2.28. The highest BCUT2D eigenvalue weighted by Crippen LogP contribution is 2.31. The molecule has 3 rings (SSSR count). The van der Waals surface area contributed by atoms with E-state index in [1.165, 1.54) is 18.2 Å². The zero-order chi connectivity index (χ0) is 18.9. The van der Waals surface area contributed by atoms with Gasteiger partial charge in [0.2, 0.25) is 5.91 Å². The van der Waals surface area contributed by atoms with Crippen LogP contribution in [0.5, 0.6) is 0 Å². The molecule has 0 saturated heterocycles. The van der Waals surface area contributed by atoms with E-state index in [1.54, 1.807) is 23.1 Å². The minimum atomic E-state index is -4.12. The Morgan fingerprint density at radius 3 is 2.62 bits per heavy atom. The van der Waals surface area contributed by atoms with Gasteiger partial charge in [-0.3, -0.25) is 19.6 Å². The van der Waals surface area contributed by atoms with E-state index in [4.69, 9.17) is 0 Å². The van der Waals surface area contributed by atoms with E-state index >= 15 is 0 Å². The number of benzene rings is 2. The first-order valence-electron chi connectivity index (χ1n) is 8.03. The lowest BCUT2D eigenvalue weighted by atomic mass is 10.0. The summed E-state index contributed by atoms with van der Waals surface area (Å²) in [4.78, 5) is 23.6. The predicted molar refractivity (Wildman–Crippen MR) is 96.7 cm³/mol. The molecule has 26 heavy (non-hydrogen) atoms. The Hall–Kier alpha value is -2.94. The van der Waals surface area contributed by atoms with E-state index in [0.717, 1.165) is 17.3 Å². The van der Waals surface area contributed by atoms with E-state index in [9.17, 15) is 23.3 Å². The Kier molecular flexibility index (Phi) is 4.64. The highest BCUT2D eigenvalue weighted by Gasteiger charge is 2.27. The number of carbonyl (C=O) groups excluding carboxylic acids is 1. The van der Waals surface area contributed by atoms with Crippen molar-refractivity contribution < 1.29 is 18.1 Å². The van der Waals surface area contributed by atoms with Crippen molar-refractivity contribution >= 4 is 33.0 Å². The number of amides is 1. The SMILES string of the molecule is CCN1C(=O)CCc2cc(NS(=O)(=O)c3ccccc3[N+](=O)[O-])ccc21. The molecule has 0 bridgehead atoms. The Morgan fingerprint density at radius 2 is 1.92 bits per heavy atom. The van der Waals surface area contributed by atoms with E-state index < -0.39 is 25.5 Å². The van der Waals surface area contributed by atoms with Crippen LogP contribution in [0.25, 0.3) is 0 Å². The molecule has 0 atom stereocenters. The van der Waals surface area contributed by atoms with Crippen LogP contribution in [-0.2, 0) is 21.2 Å². The number of hydrogen-bond donors (Lipinski definition) is 1. The first-order chi connectivity index (χ1) is 12.3. The second-order valence-corrected chi connectivity index (χ2v) is 7.46. The maximum absolute atomic E-state index is 12.6. The van der Waals surface area contributed by atoms with Crippen molar-refractivity contribution in [2.24, 2.45) is 0 Å². The molecule has 0 aromatic heterocycles. The number of nitro groups is 1. The number of nitro benzene ring substituents is 1. The van der Waals surface area contributed by atoms with E-state index in [-0.39, 0.29) is 5.91 Å². The van der Waals surface area contributed by atoms with Crippen LogP contribution < -0.4 is 9.62 Å². The van der Waals surface area contributed by atoms with Gasteiger partial charge in [-0.15, -0.1) is 0 Å². The summed E-state index contributed by atoms with van der Waals surface area (Å²) in [6.07, 6.45) is 0.882. The Morgan fingerprint density at radius 1 is 1.19 bits per heavy atom. The van der Waals surface area contributed by atoms with Crippen molar-refractivity contribution in [2.75, 3.05) is 16.2 Å². The maximum Gasteiger partial charge on any atom is 0.289 e. The van der Waals surface area contributed by atoms with Crippen molar-refractivity contribution in [3.63, 3.8) is 0 Å². The summed E-state index contributed by atoms with van der Waals surface area (Å²) in [5, 5.41) is 11.1. The summed E-state index contributed by atoms with van der Waals surface area (Å²) in [7, 11) is -4.12. The maximum atomic E-state index is 12.6. The molecule has 1 heterocycles. The van der Waals surface area contributed by atoms with Crippen molar-refractivity contribution in [1.29, 1.82) is 0 Å². The highest BCUT2D eigenvalue weighted by atomic mass is 32.2. The second kappa shape index (κ2) is 6.75. The normalized spacial score (nSPS) is 14.0. The smallest absolute Gasteiger partial charge is 0.289 e. The molecule has 2 aromatic carbocycles. The summed E-state index contributed by atoms with van der Waals surface area (Å²) < 4.78 is 27.6. The monoisotopic (exact) mass is 375 g/mol. The molecule has 1 aliphatic heterocycles.